The molecule has 45 heavy (non-hydrogen) atoms. The summed E-state index contributed by atoms with van der Waals surface area (Å²) in [6, 6.07) is 5.79. The van der Waals surface area contributed by atoms with Crippen LogP contribution in [0.25, 0.3) is 6.08 Å². The predicted octanol–water partition coefficient (Wildman–Crippen LogP) is 7.45. The van der Waals surface area contributed by atoms with Crippen LogP contribution in [0.1, 0.15) is 97.0 Å². The molecule has 0 spiro atoms. The SMILES string of the molecule is CC(=O)OC1CCC2(C)C(=CCC3C4CCC(=O)C4(C)CCC32)C1.O=C(C=CC=Cc1ccc2c(c1)OCO2)N1CCCCC1. The lowest BCUT2D eigenvalue weighted by molar-refractivity contribution is -0.148. The Morgan fingerprint density at radius 3 is 2.51 bits per heavy atom. The highest BCUT2D eigenvalue weighted by Gasteiger charge is 2.58. The number of piperidine rings is 1. The standard InChI is InChI=1S/C21H30O3.C17H19NO3/c1-13(22)24-15-8-10-20(2)14(12-15)4-5-16-17-6-7-19(23)21(17,3)11-9-18(16)20;19-17(18-10-4-1-5-11-18)7-3-2-6-14-8-9-15-16(12-14)21-13-20-15/h4,15-18H,5-12H2,1-3H3;2-3,6-9,12H,1,4-5,10-11,13H2. The monoisotopic (exact) mass is 615 g/mol. The van der Waals surface area contributed by atoms with E-state index in [2.05, 4.69) is 19.9 Å². The van der Waals surface area contributed by atoms with E-state index >= 15 is 0 Å². The van der Waals surface area contributed by atoms with Crippen molar-refractivity contribution in [2.24, 2.45) is 28.6 Å². The molecule has 242 valence electrons. The molecule has 2 heterocycles. The molecule has 0 radical (unpaired) electrons. The maximum absolute atomic E-state index is 12.4. The Hall–Kier alpha value is -3.35. The zero-order valence-corrected chi connectivity index (χ0v) is 27.2. The first-order chi connectivity index (χ1) is 21.7. The minimum absolute atomic E-state index is 0.0438. The van der Waals surface area contributed by atoms with Crippen LogP contribution >= 0.6 is 0 Å². The lowest BCUT2D eigenvalue weighted by atomic mass is 9.48. The number of amides is 1. The molecule has 2 aliphatic heterocycles. The normalized spacial score (nSPS) is 33.5. The Bertz CT molecular complexity index is 1390. The van der Waals surface area contributed by atoms with Crippen LogP contribution in [0.3, 0.4) is 0 Å². The van der Waals surface area contributed by atoms with Crippen LogP contribution in [-0.4, -0.2) is 48.5 Å². The molecule has 0 bridgehead atoms. The summed E-state index contributed by atoms with van der Waals surface area (Å²) >= 11 is 0. The van der Waals surface area contributed by atoms with Crippen LogP contribution < -0.4 is 9.47 Å². The Kier molecular flexibility index (Phi) is 9.26. The fourth-order valence-electron chi connectivity index (χ4n) is 9.27. The minimum Gasteiger partial charge on any atom is -0.462 e. The van der Waals surface area contributed by atoms with Crippen molar-refractivity contribution in [3.05, 3.63) is 53.6 Å². The van der Waals surface area contributed by atoms with E-state index in [1.807, 2.05) is 35.3 Å². The van der Waals surface area contributed by atoms with E-state index in [0.29, 0.717) is 23.5 Å². The van der Waals surface area contributed by atoms with Gasteiger partial charge in [-0.2, -0.15) is 0 Å². The van der Waals surface area contributed by atoms with Crippen molar-refractivity contribution in [2.45, 2.75) is 97.5 Å². The summed E-state index contributed by atoms with van der Waals surface area (Å²) in [5.74, 6) is 3.98. The van der Waals surface area contributed by atoms with Gasteiger partial charge in [0, 0.05) is 44.3 Å². The number of benzene rings is 1. The van der Waals surface area contributed by atoms with Crippen LogP contribution in [0.15, 0.2) is 48.1 Å². The third-order valence-electron chi connectivity index (χ3n) is 11.8. The Morgan fingerprint density at radius 1 is 0.956 bits per heavy atom. The topological polar surface area (TPSA) is 82.1 Å². The van der Waals surface area contributed by atoms with E-state index in [1.165, 1.54) is 25.3 Å². The van der Waals surface area contributed by atoms with Gasteiger partial charge in [0.2, 0.25) is 12.7 Å². The molecule has 4 fully saturated rings. The number of esters is 1. The van der Waals surface area contributed by atoms with Crippen molar-refractivity contribution < 1.29 is 28.6 Å². The maximum atomic E-state index is 12.4. The number of likely N-dealkylation sites (tertiary alicyclic amines) is 1. The van der Waals surface area contributed by atoms with Crippen molar-refractivity contribution in [2.75, 3.05) is 19.9 Å². The molecule has 1 aromatic rings. The van der Waals surface area contributed by atoms with Gasteiger partial charge >= 0.3 is 5.97 Å². The minimum atomic E-state index is -0.157. The highest BCUT2D eigenvalue weighted by Crippen LogP contribution is 2.64. The number of hydrogen-bond donors (Lipinski definition) is 0. The summed E-state index contributed by atoms with van der Waals surface area (Å²) < 4.78 is 16.1. The van der Waals surface area contributed by atoms with Gasteiger partial charge in [-0.05, 0) is 98.7 Å². The summed E-state index contributed by atoms with van der Waals surface area (Å²) in [5.41, 5.74) is 2.76. The number of Topliss-reactive ketones (excluding diaryl/α,β-unsaturated/α-hetero) is 1. The fraction of sp³-hybridized carbons (Fsp3) is 0.605. The Balaban J connectivity index is 0.000000160. The van der Waals surface area contributed by atoms with E-state index in [0.717, 1.165) is 87.9 Å². The molecular weight excluding hydrogens is 566 g/mol. The molecule has 0 aromatic heterocycles. The molecule has 7 nitrogen and oxygen atoms in total. The molecule has 1 saturated heterocycles. The van der Waals surface area contributed by atoms with Gasteiger partial charge in [0.1, 0.15) is 11.9 Å². The third-order valence-corrected chi connectivity index (χ3v) is 11.8. The van der Waals surface area contributed by atoms with Gasteiger partial charge in [-0.3, -0.25) is 14.4 Å². The number of fused-ring (bicyclic) bond motifs is 6. The molecule has 0 N–H and O–H groups in total. The molecule has 7 heteroatoms. The largest absolute Gasteiger partial charge is 0.462 e. The first-order valence-electron chi connectivity index (χ1n) is 17.1. The van der Waals surface area contributed by atoms with Crippen molar-refractivity contribution in [3.63, 3.8) is 0 Å². The number of ketones is 1. The second kappa shape index (κ2) is 13.2. The Morgan fingerprint density at radius 2 is 1.71 bits per heavy atom. The number of carbonyl (C=O) groups is 3. The van der Waals surface area contributed by atoms with E-state index in [4.69, 9.17) is 14.2 Å². The molecule has 3 saturated carbocycles. The number of allylic oxidation sites excluding steroid dienone is 3. The van der Waals surface area contributed by atoms with Gasteiger partial charge in [0.25, 0.3) is 0 Å². The molecule has 1 aromatic carbocycles. The van der Waals surface area contributed by atoms with E-state index in [9.17, 15) is 14.4 Å². The Labute approximate surface area is 268 Å². The number of ether oxygens (including phenoxy) is 3. The van der Waals surface area contributed by atoms with Crippen LogP contribution in [-0.2, 0) is 19.1 Å². The molecule has 4 aliphatic carbocycles. The third kappa shape index (κ3) is 6.50. The summed E-state index contributed by atoms with van der Waals surface area (Å²) in [4.78, 5) is 37.6. The lowest BCUT2D eigenvalue weighted by Crippen LogP contribution is -2.50. The van der Waals surface area contributed by atoms with Crippen LogP contribution in [0, 0.1) is 28.6 Å². The fourth-order valence-corrected chi connectivity index (χ4v) is 9.27. The smallest absolute Gasteiger partial charge is 0.302 e. The molecular formula is C38H49NO6. The lowest BCUT2D eigenvalue weighted by Gasteiger charge is -2.56. The molecule has 6 atom stereocenters. The summed E-state index contributed by atoms with van der Waals surface area (Å²) in [7, 11) is 0. The van der Waals surface area contributed by atoms with Gasteiger partial charge in [-0.1, -0.05) is 49.8 Å². The van der Waals surface area contributed by atoms with Gasteiger partial charge < -0.3 is 19.1 Å². The number of hydrogen-bond acceptors (Lipinski definition) is 6. The van der Waals surface area contributed by atoms with Gasteiger partial charge in [-0.15, -0.1) is 0 Å². The zero-order chi connectivity index (χ0) is 31.6. The molecule has 6 unspecified atom stereocenters. The first-order valence-corrected chi connectivity index (χ1v) is 17.1. The van der Waals surface area contributed by atoms with Crippen LogP contribution in [0.4, 0.5) is 0 Å². The molecule has 1 amide bonds. The second-order valence-corrected chi connectivity index (χ2v) is 14.4. The predicted molar refractivity (Wildman–Crippen MR) is 173 cm³/mol. The average molecular weight is 616 g/mol. The van der Waals surface area contributed by atoms with Crippen molar-refractivity contribution >= 4 is 23.7 Å². The quantitative estimate of drug-likeness (QED) is 0.152. The van der Waals surface area contributed by atoms with E-state index in [1.54, 1.807) is 12.2 Å². The van der Waals surface area contributed by atoms with Crippen molar-refractivity contribution in [1.29, 1.82) is 0 Å². The number of carbonyl (C=O) groups excluding carboxylic acids is 3. The summed E-state index contributed by atoms with van der Waals surface area (Å²) in [6.07, 6.45) is 21.5. The van der Waals surface area contributed by atoms with E-state index < -0.39 is 0 Å². The van der Waals surface area contributed by atoms with E-state index in [-0.39, 0.29) is 35.6 Å². The van der Waals surface area contributed by atoms with Gasteiger partial charge in [0.15, 0.2) is 11.5 Å². The first kappa shape index (κ1) is 31.6. The molecule has 6 aliphatic rings. The highest BCUT2D eigenvalue weighted by atomic mass is 16.7. The van der Waals surface area contributed by atoms with Gasteiger partial charge in [-0.25, -0.2) is 0 Å². The number of rotatable bonds is 4. The number of nitrogens with zero attached hydrogens (tertiary/aromatic N) is 1. The summed E-state index contributed by atoms with van der Waals surface area (Å²) in [6.45, 7) is 8.25. The average Bonchev–Trinajstić information content (AvgIpc) is 3.63. The molecule has 7 rings (SSSR count). The van der Waals surface area contributed by atoms with Gasteiger partial charge in [0.05, 0.1) is 0 Å². The highest BCUT2D eigenvalue weighted by molar-refractivity contribution is 5.88. The summed E-state index contributed by atoms with van der Waals surface area (Å²) in [5, 5.41) is 0. The zero-order valence-electron chi connectivity index (χ0n) is 27.2. The second-order valence-electron chi connectivity index (χ2n) is 14.4. The van der Waals surface area contributed by atoms with Crippen LogP contribution in [0.5, 0.6) is 11.5 Å². The van der Waals surface area contributed by atoms with Crippen molar-refractivity contribution in [1.82, 2.24) is 4.90 Å². The maximum Gasteiger partial charge on any atom is 0.302 e. The van der Waals surface area contributed by atoms with Crippen LogP contribution in [0.2, 0.25) is 0 Å². The van der Waals surface area contributed by atoms with Crippen molar-refractivity contribution in [3.8, 4) is 11.5 Å².